The molecule has 6 heteroatoms. The van der Waals surface area contributed by atoms with E-state index in [9.17, 15) is 9.18 Å². The summed E-state index contributed by atoms with van der Waals surface area (Å²) in [5, 5.41) is 4.17. The molecule has 0 bridgehead atoms. The first-order chi connectivity index (χ1) is 16.2. The smallest absolute Gasteiger partial charge is 0.317 e. The van der Waals surface area contributed by atoms with Gasteiger partial charge in [-0.05, 0) is 78.8 Å². The zero-order chi connectivity index (χ0) is 22.4. The number of rotatable bonds is 5. The maximum absolute atomic E-state index is 13.6. The summed E-state index contributed by atoms with van der Waals surface area (Å²) in [6.45, 7) is 5.15. The molecule has 1 N–H and O–H groups in total. The molecule has 3 aliphatic rings. The lowest BCUT2D eigenvalue weighted by molar-refractivity contribution is 0.205. The minimum absolute atomic E-state index is 0.0596. The zero-order valence-corrected chi connectivity index (χ0v) is 18.8. The minimum atomic E-state index is -0.210. The Morgan fingerprint density at radius 3 is 2.52 bits per heavy atom. The first-order valence-corrected chi connectivity index (χ1v) is 12.0. The van der Waals surface area contributed by atoms with E-state index >= 15 is 0 Å². The Balaban J connectivity index is 1.30. The quantitative estimate of drug-likeness (QED) is 0.635. The van der Waals surface area contributed by atoms with Gasteiger partial charge in [-0.15, -0.1) is 0 Å². The van der Waals surface area contributed by atoms with Crippen LogP contribution >= 0.6 is 0 Å². The van der Waals surface area contributed by atoms with Crippen molar-refractivity contribution < 1.29 is 9.18 Å². The molecule has 170 valence electrons. The molecule has 1 saturated heterocycles. The Hall–Kier alpha value is -3.12. The third-order valence-corrected chi connectivity index (χ3v) is 7.39. The van der Waals surface area contributed by atoms with Gasteiger partial charge in [0.15, 0.2) is 0 Å². The van der Waals surface area contributed by atoms with Crippen LogP contribution in [0.15, 0.2) is 48.7 Å². The Bertz CT molecular complexity index is 1240. The van der Waals surface area contributed by atoms with Gasteiger partial charge in [0.05, 0.1) is 5.52 Å². The highest BCUT2D eigenvalue weighted by atomic mass is 19.1. The van der Waals surface area contributed by atoms with Crippen LogP contribution in [0.4, 0.5) is 9.18 Å². The summed E-state index contributed by atoms with van der Waals surface area (Å²) >= 11 is 0. The molecule has 1 fully saturated rings. The second-order valence-corrected chi connectivity index (χ2v) is 9.38. The summed E-state index contributed by atoms with van der Waals surface area (Å²) in [4.78, 5) is 16.1. The number of hydrogen-bond acceptors (Lipinski definition) is 2. The van der Waals surface area contributed by atoms with Gasteiger partial charge in [-0.25, -0.2) is 9.18 Å². The van der Waals surface area contributed by atoms with E-state index in [2.05, 4.69) is 39.2 Å². The molecule has 2 amide bonds. The summed E-state index contributed by atoms with van der Waals surface area (Å²) in [6.07, 6.45) is 9.10. The Morgan fingerprint density at radius 1 is 0.970 bits per heavy atom. The molecular weight excluding hydrogens is 415 g/mol. The minimum Gasteiger partial charge on any atom is -0.336 e. The highest BCUT2D eigenvalue weighted by molar-refractivity contribution is 5.95. The molecular formula is C27H29FN4O. The van der Waals surface area contributed by atoms with Crippen LogP contribution in [0.1, 0.15) is 29.5 Å². The molecule has 0 spiro atoms. The van der Waals surface area contributed by atoms with Crippen LogP contribution in [0.2, 0.25) is 0 Å². The zero-order valence-electron chi connectivity index (χ0n) is 18.8. The third kappa shape index (κ3) is 3.82. The molecule has 0 atom stereocenters. The normalized spacial score (nSPS) is 18.6. The van der Waals surface area contributed by atoms with E-state index in [1.54, 1.807) is 0 Å². The fraction of sp³-hybridized carbons (Fsp3) is 0.370. The number of benzene rings is 2. The third-order valence-electron chi connectivity index (χ3n) is 7.39. The van der Waals surface area contributed by atoms with Crippen molar-refractivity contribution in [3.05, 3.63) is 71.2 Å². The van der Waals surface area contributed by atoms with Gasteiger partial charge in [0.2, 0.25) is 0 Å². The molecule has 3 aromatic rings. The van der Waals surface area contributed by atoms with Gasteiger partial charge in [-0.3, -0.25) is 4.90 Å². The van der Waals surface area contributed by atoms with Crippen LogP contribution < -0.4 is 5.32 Å². The lowest BCUT2D eigenvalue weighted by Crippen LogP contribution is -2.38. The van der Waals surface area contributed by atoms with Crippen LogP contribution in [-0.4, -0.2) is 59.7 Å². The average Bonchev–Trinajstić information content (AvgIpc) is 3.55. The Kier molecular flexibility index (Phi) is 5.18. The number of nitrogens with zero attached hydrogens (tertiary/aromatic N) is 3. The van der Waals surface area contributed by atoms with Crippen LogP contribution in [0, 0.1) is 5.82 Å². The monoisotopic (exact) mass is 444 g/mol. The maximum Gasteiger partial charge on any atom is 0.317 e. The van der Waals surface area contributed by atoms with Gasteiger partial charge >= 0.3 is 6.03 Å². The molecule has 5 nitrogen and oxygen atoms in total. The first kappa shape index (κ1) is 20.5. The molecule has 1 aromatic heterocycles. The lowest BCUT2D eigenvalue weighted by atomic mass is 9.97. The van der Waals surface area contributed by atoms with Crippen molar-refractivity contribution >= 4 is 22.5 Å². The fourth-order valence-corrected chi connectivity index (χ4v) is 5.51. The number of carbonyl (C=O) groups excluding carboxylic acids is 1. The van der Waals surface area contributed by atoms with E-state index in [0.717, 1.165) is 64.2 Å². The van der Waals surface area contributed by atoms with Crippen LogP contribution in [0.5, 0.6) is 0 Å². The van der Waals surface area contributed by atoms with Gasteiger partial charge in [0.25, 0.3) is 0 Å². The van der Waals surface area contributed by atoms with E-state index in [1.165, 1.54) is 51.7 Å². The number of fused-ring (bicyclic) bond motifs is 2. The number of aryl methyl sites for hydroxylation is 2. The van der Waals surface area contributed by atoms with Gasteiger partial charge in [-0.2, -0.15) is 0 Å². The molecule has 33 heavy (non-hydrogen) atoms. The van der Waals surface area contributed by atoms with Crippen molar-refractivity contribution in [1.82, 2.24) is 19.7 Å². The second-order valence-electron chi connectivity index (χ2n) is 9.38. The van der Waals surface area contributed by atoms with E-state index in [0.29, 0.717) is 0 Å². The predicted molar refractivity (Wildman–Crippen MR) is 129 cm³/mol. The molecule has 3 heterocycles. The summed E-state index contributed by atoms with van der Waals surface area (Å²) in [5.41, 5.74) is 7.80. The van der Waals surface area contributed by atoms with Crippen molar-refractivity contribution in [3.63, 3.8) is 0 Å². The van der Waals surface area contributed by atoms with Crippen LogP contribution in [0.25, 0.3) is 22.2 Å². The van der Waals surface area contributed by atoms with E-state index in [1.807, 2.05) is 17.0 Å². The first-order valence-electron chi connectivity index (χ1n) is 12.0. The van der Waals surface area contributed by atoms with Crippen molar-refractivity contribution in [2.24, 2.45) is 0 Å². The SMILES string of the molecule is O=C1NCCN1CCN1CC=C(c2cn(-c3ccc(F)cc3)c3cc4c(cc23)CCC4)CC1. The van der Waals surface area contributed by atoms with Gasteiger partial charge in [0, 0.05) is 62.1 Å². The average molecular weight is 445 g/mol. The maximum atomic E-state index is 13.6. The van der Waals surface area contributed by atoms with Crippen molar-refractivity contribution in [3.8, 4) is 5.69 Å². The molecule has 0 saturated carbocycles. The number of hydrogen-bond donors (Lipinski definition) is 1. The molecule has 6 rings (SSSR count). The summed E-state index contributed by atoms with van der Waals surface area (Å²) < 4.78 is 15.8. The van der Waals surface area contributed by atoms with Crippen LogP contribution in [0.3, 0.4) is 0 Å². The molecule has 0 unspecified atom stereocenters. The molecule has 0 radical (unpaired) electrons. The van der Waals surface area contributed by atoms with Gasteiger partial charge in [0.1, 0.15) is 5.82 Å². The van der Waals surface area contributed by atoms with E-state index < -0.39 is 0 Å². The van der Waals surface area contributed by atoms with Crippen molar-refractivity contribution in [1.29, 1.82) is 0 Å². The van der Waals surface area contributed by atoms with E-state index in [4.69, 9.17) is 0 Å². The van der Waals surface area contributed by atoms with Crippen LogP contribution in [-0.2, 0) is 12.8 Å². The highest BCUT2D eigenvalue weighted by Gasteiger charge is 2.23. The van der Waals surface area contributed by atoms with Crippen molar-refractivity contribution in [2.45, 2.75) is 25.7 Å². The molecule has 2 aliphatic heterocycles. The molecule has 1 aliphatic carbocycles. The number of carbonyl (C=O) groups is 1. The number of nitrogens with one attached hydrogen (secondary N) is 1. The second kappa shape index (κ2) is 8.34. The standard InChI is InChI=1S/C27H29FN4O/c28-22-4-6-23(7-5-22)32-18-25(24-16-20-2-1-3-21(20)17-26(24)32)19-8-11-30(12-9-19)14-15-31-13-10-29-27(31)33/h4-8,16-18H,1-3,9-15H2,(H,29,33). The highest BCUT2D eigenvalue weighted by Crippen LogP contribution is 2.36. The Morgan fingerprint density at radius 2 is 1.79 bits per heavy atom. The summed E-state index contributed by atoms with van der Waals surface area (Å²) in [5.74, 6) is -0.210. The molecule has 2 aromatic carbocycles. The number of urea groups is 1. The Labute approximate surface area is 193 Å². The number of halogens is 1. The predicted octanol–water partition coefficient (Wildman–Crippen LogP) is 4.37. The topological polar surface area (TPSA) is 40.5 Å². The summed E-state index contributed by atoms with van der Waals surface area (Å²) in [7, 11) is 0. The van der Waals surface area contributed by atoms with Crippen molar-refractivity contribution in [2.75, 3.05) is 39.3 Å². The fourth-order valence-electron chi connectivity index (χ4n) is 5.51. The lowest BCUT2D eigenvalue weighted by Gasteiger charge is -2.28. The number of amides is 2. The van der Waals surface area contributed by atoms with Gasteiger partial charge < -0.3 is 14.8 Å². The number of aromatic nitrogens is 1. The summed E-state index contributed by atoms with van der Waals surface area (Å²) in [6, 6.07) is 11.6. The van der Waals surface area contributed by atoms with E-state index in [-0.39, 0.29) is 11.8 Å². The van der Waals surface area contributed by atoms with Gasteiger partial charge in [-0.1, -0.05) is 6.08 Å². The largest absolute Gasteiger partial charge is 0.336 e.